The fourth-order valence-corrected chi connectivity index (χ4v) is 2.06. The van der Waals surface area contributed by atoms with Gasteiger partial charge in [0.15, 0.2) is 5.78 Å². The molecular formula is C11H13BO. The zero-order valence-electron chi connectivity index (χ0n) is 8.13. The topological polar surface area (TPSA) is 17.1 Å². The first-order valence-corrected chi connectivity index (χ1v) is 4.79. The van der Waals surface area contributed by atoms with Crippen LogP contribution < -0.4 is 0 Å². The van der Waals surface area contributed by atoms with Crippen molar-refractivity contribution in [3.05, 3.63) is 34.9 Å². The van der Waals surface area contributed by atoms with Crippen LogP contribution in [0.25, 0.3) is 0 Å². The molecule has 0 bridgehead atoms. The monoisotopic (exact) mass is 172 g/mol. The third kappa shape index (κ3) is 1.53. The van der Waals surface area contributed by atoms with Crippen molar-refractivity contribution < 1.29 is 4.79 Å². The van der Waals surface area contributed by atoms with Crippen LogP contribution in [0.15, 0.2) is 18.2 Å². The Bertz CT molecular complexity index is 357. The van der Waals surface area contributed by atoms with Crippen molar-refractivity contribution in [1.82, 2.24) is 0 Å². The molecule has 1 nitrogen and oxygen atoms in total. The molecule has 0 radical (unpaired) electrons. The summed E-state index contributed by atoms with van der Waals surface area (Å²) in [6.07, 6.45) is 2.31. The lowest BCUT2D eigenvalue weighted by molar-refractivity contribution is 0.101. The Morgan fingerprint density at radius 3 is 2.77 bits per heavy atom. The van der Waals surface area contributed by atoms with E-state index in [0.29, 0.717) is 0 Å². The van der Waals surface area contributed by atoms with Crippen molar-refractivity contribution in [2.45, 2.75) is 25.6 Å². The van der Waals surface area contributed by atoms with E-state index in [9.17, 15) is 4.79 Å². The fraction of sp³-hybridized carbons (Fsp3) is 0.364. The average Bonchev–Trinajstić information content (AvgIpc) is 2.42. The third-order valence-corrected chi connectivity index (χ3v) is 2.75. The summed E-state index contributed by atoms with van der Waals surface area (Å²) >= 11 is 0. The van der Waals surface area contributed by atoms with Gasteiger partial charge in [0.1, 0.15) is 7.85 Å². The van der Waals surface area contributed by atoms with Crippen LogP contribution in [-0.2, 0) is 12.8 Å². The van der Waals surface area contributed by atoms with E-state index in [1.807, 2.05) is 6.07 Å². The Balaban J connectivity index is 2.40. The molecule has 2 rings (SSSR count). The minimum Gasteiger partial charge on any atom is -0.295 e. The summed E-state index contributed by atoms with van der Waals surface area (Å²) < 4.78 is 0. The van der Waals surface area contributed by atoms with Gasteiger partial charge in [0.2, 0.25) is 0 Å². The Morgan fingerprint density at radius 1 is 1.38 bits per heavy atom. The van der Waals surface area contributed by atoms with E-state index >= 15 is 0 Å². The lowest BCUT2D eigenvalue weighted by Gasteiger charge is -2.00. The Labute approximate surface area is 79.6 Å². The van der Waals surface area contributed by atoms with Crippen LogP contribution in [0.1, 0.15) is 28.4 Å². The van der Waals surface area contributed by atoms with E-state index in [-0.39, 0.29) is 5.78 Å². The quantitative estimate of drug-likeness (QED) is 0.462. The molecule has 0 saturated carbocycles. The summed E-state index contributed by atoms with van der Waals surface area (Å²) in [7, 11) is 2.26. The molecule has 1 aromatic rings. The van der Waals surface area contributed by atoms with Crippen molar-refractivity contribution in [2.75, 3.05) is 0 Å². The highest BCUT2D eigenvalue weighted by Crippen LogP contribution is 2.29. The normalized spacial score (nSPS) is 19.9. The lowest BCUT2D eigenvalue weighted by atomic mass is 9.85. The maximum Gasteiger partial charge on any atom is 0.159 e. The summed E-state index contributed by atoms with van der Waals surface area (Å²) in [5.41, 5.74) is 3.66. The summed E-state index contributed by atoms with van der Waals surface area (Å²) in [5, 5.41) is 0. The van der Waals surface area contributed by atoms with Gasteiger partial charge in [-0.1, -0.05) is 17.9 Å². The molecule has 0 N–H and O–H groups in total. The number of Topliss-reactive ketones (excluding diaryl/α,β-unsaturated/α-hetero) is 1. The SMILES string of the molecule is BC1Cc2ccc(C(C)=O)cc2C1. The molecule has 2 heteroatoms. The van der Waals surface area contributed by atoms with Crippen molar-refractivity contribution in [3.8, 4) is 0 Å². The van der Waals surface area contributed by atoms with Crippen molar-refractivity contribution in [2.24, 2.45) is 0 Å². The molecule has 0 aliphatic heterocycles. The molecule has 1 aliphatic rings. The first-order chi connectivity index (χ1) is 6.16. The fourth-order valence-electron chi connectivity index (χ4n) is 2.06. The molecule has 0 aromatic heterocycles. The second kappa shape index (κ2) is 3.02. The number of carbonyl (C=O) groups is 1. The second-order valence-corrected chi connectivity index (χ2v) is 4.05. The first kappa shape index (κ1) is 8.55. The van der Waals surface area contributed by atoms with Gasteiger partial charge >= 0.3 is 0 Å². The van der Waals surface area contributed by atoms with Gasteiger partial charge in [-0.05, 0) is 37.0 Å². The number of fused-ring (bicyclic) bond motifs is 1. The van der Waals surface area contributed by atoms with Crippen LogP contribution in [-0.4, -0.2) is 13.6 Å². The van der Waals surface area contributed by atoms with Crippen LogP contribution in [0.2, 0.25) is 5.82 Å². The number of rotatable bonds is 1. The third-order valence-electron chi connectivity index (χ3n) is 2.75. The summed E-state index contributed by atoms with van der Waals surface area (Å²) in [6.45, 7) is 1.63. The van der Waals surface area contributed by atoms with Gasteiger partial charge in [-0.3, -0.25) is 4.79 Å². The molecule has 66 valence electrons. The molecule has 0 fully saturated rings. The zero-order valence-corrected chi connectivity index (χ0v) is 8.13. The number of benzene rings is 1. The van der Waals surface area contributed by atoms with Crippen molar-refractivity contribution in [1.29, 1.82) is 0 Å². The zero-order chi connectivity index (χ0) is 9.42. The van der Waals surface area contributed by atoms with Gasteiger partial charge in [0.05, 0.1) is 0 Å². The van der Waals surface area contributed by atoms with Gasteiger partial charge in [0, 0.05) is 5.56 Å². The van der Waals surface area contributed by atoms with Crippen LogP contribution in [0.5, 0.6) is 0 Å². The highest BCUT2D eigenvalue weighted by molar-refractivity contribution is 6.12. The lowest BCUT2D eigenvalue weighted by Crippen LogP contribution is -1.93. The Morgan fingerprint density at radius 2 is 2.08 bits per heavy atom. The predicted molar refractivity (Wildman–Crippen MR) is 56.1 cm³/mol. The molecular weight excluding hydrogens is 159 g/mol. The standard InChI is InChI=1S/C11H13BO/c1-7(13)8-2-3-9-5-11(12)6-10(9)4-8/h2-4,11H,5-6,12H2,1H3. The molecule has 0 spiro atoms. The van der Waals surface area contributed by atoms with Crippen molar-refractivity contribution >= 4 is 13.6 Å². The first-order valence-electron chi connectivity index (χ1n) is 4.79. The maximum absolute atomic E-state index is 11.1. The van der Waals surface area contributed by atoms with E-state index in [2.05, 4.69) is 20.0 Å². The van der Waals surface area contributed by atoms with Gasteiger partial charge in [-0.25, -0.2) is 0 Å². The Hall–Kier alpha value is -1.05. The smallest absolute Gasteiger partial charge is 0.159 e. The predicted octanol–water partition coefficient (Wildman–Crippen LogP) is 1.41. The highest BCUT2D eigenvalue weighted by Gasteiger charge is 2.17. The number of hydrogen-bond acceptors (Lipinski definition) is 1. The Kier molecular flexibility index (Phi) is 1.99. The van der Waals surface area contributed by atoms with Crippen LogP contribution in [0.3, 0.4) is 0 Å². The largest absolute Gasteiger partial charge is 0.295 e. The molecule has 1 aromatic carbocycles. The molecule has 1 aliphatic carbocycles. The van der Waals surface area contributed by atoms with Crippen LogP contribution >= 0.6 is 0 Å². The molecule has 1 atom stereocenters. The van der Waals surface area contributed by atoms with E-state index in [4.69, 9.17) is 0 Å². The van der Waals surface area contributed by atoms with E-state index in [0.717, 1.165) is 17.8 Å². The van der Waals surface area contributed by atoms with E-state index < -0.39 is 0 Å². The van der Waals surface area contributed by atoms with E-state index in [1.165, 1.54) is 17.5 Å². The molecule has 0 saturated heterocycles. The molecule has 0 heterocycles. The number of ketones is 1. The van der Waals surface area contributed by atoms with Crippen LogP contribution in [0, 0.1) is 0 Å². The number of carbonyl (C=O) groups excluding carboxylic acids is 1. The van der Waals surface area contributed by atoms with E-state index in [1.54, 1.807) is 6.92 Å². The molecule has 13 heavy (non-hydrogen) atoms. The molecule has 1 unspecified atom stereocenters. The van der Waals surface area contributed by atoms with Gasteiger partial charge in [-0.15, -0.1) is 0 Å². The summed E-state index contributed by atoms with van der Waals surface area (Å²) in [5.74, 6) is 0.916. The number of hydrogen-bond donors (Lipinski definition) is 0. The van der Waals surface area contributed by atoms with Gasteiger partial charge in [0.25, 0.3) is 0 Å². The summed E-state index contributed by atoms with van der Waals surface area (Å²) in [6, 6.07) is 6.11. The van der Waals surface area contributed by atoms with Crippen LogP contribution in [0.4, 0.5) is 0 Å². The maximum atomic E-state index is 11.1. The minimum atomic E-state index is 0.169. The average molecular weight is 172 g/mol. The summed E-state index contributed by atoms with van der Waals surface area (Å²) in [4.78, 5) is 11.1. The molecule has 0 amide bonds. The highest BCUT2D eigenvalue weighted by atomic mass is 16.1. The van der Waals surface area contributed by atoms with Gasteiger partial charge < -0.3 is 0 Å². The second-order valence-electron chi connectivity index (χ2n) is 4.05. The van der Waals surface area contributed by atoms with Gasteiger partial charge in [-0.2, -0.15) is 0 Å². The minimum absolute atomic E-state index is 0.169. The van der Waals surface area contributed by atoms with Crippen molar-refractivity contribution in [3.63, 3.8) is 0 Å².